The van der Waals surface area contributed by atoms with Crippen LogP contribution < -0.4 is 5.32 Å². The highest BCUT2D eigenvalue weighted by Crippen LogP contribution is 2.31. The topological polar surface area (TPSA) is 61.0 Å². The molecule has 0 saturated carbocycles. The molecule has 23 heavy (non-hydrogen) atoms. The van der Waals surface area contributed by atoms with Gasteiger partial charge >= 0.3 is 6.18 Å². The number of hydrogen-bond donors (Lipinski definition) is 2. The van der Waals surface area contributed by atoms with Crippen LogP contribution in [0.5, 0.6) is 0 Å². The van der Waals surface area contributed by atoms with E-state index in [4.69, 9.17) is 0 Å². The first-order chi connectivity index (χ1) is 10.9. The number of carbonyl (C=O) groups is 1. The van der Waals surface area contributed by atoms with Gasteiger partial charge in [-0.2, -0.15) is 18.3 Å². The maximum atomic E-state index is 12.5. The number of halogens is 3. The Kier molecular flexibility index (Phi) is 4.08. The number of benzene rings is 1. The first kappa shape index (κ1) is 15.5. The lowest BCUT2D eigenvalue weighted by molar-refractivity contribution is -0.147. The third-order valence-electron chi connectivity index (χ3n) is 3.64. The van der Waals surface area contributed by atoms with Crippen molar-refractivity contribution in [3.8, 4) is 0 Å². The van der Waals surface area contributed by atoms with Crippen LogP contribution in [0, 0.1) is 0 Å². The molecule has 0 bridgehead atoms. The second kappa shape index (κ2) is 6.04. The maximum Gasteiger partial charge on any atom is 0.401 e. The minimum absolute atomic E-state index is 0.135. The number of carbonyl (C=O) groups excluding carboxylic acids is 1. The molecule has 1 aliphatic rings. The Morgan fingerprint density at radius 1 is 1.30 bits per heavy atom. The van der Waals surface area contributed by atoms with Crippen molar-refractivity contribution in [2.75, 3.05) is 11.9 Å². The number of rotatable bonds is 4. The molecular weight excluding hydrogens is 309 g/mol. The molecule has 5 nitrogen and oxygen atoms in total. The van der Waals surface area contributed by atoms with E-state index >= 15 is 0 Å². The van der Waals surface area contributed by atoms with E-state index in [0.717, 1.165) is 11.1 Å². The monoisotopic (exact) mass is 324 g/mol. The van der Waals surface area contributed by atoms with Gasteiger partial charge in [-0.15, -0.1) is 0 Å². The summed E-state index contributed by atoms with van der Waals surface area (Å²) >= 11 is 0. The molecule has 2 N–H and O–H groups in total. The lowest BCUT2D eigenvalue weighted by Crippen LogP contribution is -2.30. The number of nitrogens with zero attached hydrogens (tertiary/aromatic N) is 2. The third kappa shape index (κ3) is 3.89. The number of aromatic nitrogens is 2. The van der Waals surface area contributed by atoms with E-state index in [1.165, 1.54) is 4.90 Å². The molecular formula is C15H15F3N4O. The fourth-order valence-corrected chi connectivity index (χ4v) is 2.72. The van der Waals surface area contributed by atoms with Crippen LogP contribution >= 0.6 is 0 Å². The van der Waals surface area contributed by atoms with Gasteiger partial charge in [0.05, 0.1) is 13.0 Å². The van der Waals surface area contributed by atoms with Gasteiger partial charge in [0.1, 0.15) is 0 Å². The van der Waals surface area contributed by atoms with Crippen molar-refractivity contribution in [2.24, 2.45) is 0 Å². The number of H-pyrrole nitrogens is 1. The normalized spacial score (nSPS) is 14.7. The predicted octanol–water partition coefficient (Wildman–Crippen LogP) is 2.47. The van der Waals surface area contributed by atoms with E-state index in [2.05, 4.69) is 15.5 Å². The number of fused-ring (bicyclic) bond motifs is 1. The van der Waals surface area contributed by atoms with Crippen LogP contribution in [0.2, 0.25) is 0 Å². The molecule has 0 radical (unpaired) electrons. The van der Waals surface area contributed by atoms with E-state index in [-0.39, 0.29) is 25.4 Å². The highest BCUT2D eigenvalue weighted by Gasteiger charge is 2.34. The Labute approximate surface area is 130 Å². The molecule has 3 rings (SSSR count). The Bertz CT molecular complexity index is 697. The van der Waals surface area contributed by atoms with Crippen LogP contribution in [0.25, 0.3) is 0 Å². The summed E-state index contributed by atoms with van der Waals surface area (Å²) in [6.45, 7) is -0.544. The molecule has 122 valence electrons. The van der Waals surface area contributed by atoms with Crippen molar-refractivity contribution in [1.29, 1.82) is 0 Å². The third-order valence-corrected chi connectivity index (χ3v) is 3.64. The van der Waals surface area contributed by atoms with Crippen LogP contribution in [-0.4, -0.2) is 33.7 Å². The Balaban J connectivity index is 1.69. The van der Waals surface area contributed by atoms with Crippen molar-refractivity contribution in [3.63, 3.8) is 0 Å². The quantitative estimate of drug-likeness (QED) is 0.908. The van der Waals surface area contributed by atoms with Gasteiger partial charge in [0.15, 0.2) is 0 Å². The first-order valence-corrected chi connectivity index (χ1v) is 7.09. The number of hydrogen-bond acceptors (Lipinski definition) is 3. The van der Waals surface area contributed by atoms with E-state index in [1.54, 1.807) is 30.5 Å². The van der Waals surface area contributed by atoms with Crippen LogP contribution in [0.15, 0.2) is 30.5 Å². The molecule has 1 aliphatic heterocycles. The number of amides is 1. The summed E-state index contributed by atoms with van der Waals surface area (Å²) in [6.07, 6.45) is -2.54. The standard InChI is InChI=1S/C15H15F3N4O/c16-15(17,18)9-22-7-10-2-1-3-13(12(10)8-22)20-14(23)6-11-4-5-19-21-11/h1-5H,6-9H2,(H,19,21)(H,20,23). The van der Waals surface area contributed by atoms with Crippen LogP contribution in [0.4, 0.5) is 18.9 Å². The largest absolute Gasteiger partial charge is 0.401 e. The van der Waals surface area contributed by atoms with E-state index in [0.29, 0.717) is 11.4 Å². The summed E-state index contributed by atoms with van der Waals surface area (Å²) in [5, 5.41) is 9.23. The summed E-state index contributed by atoms with van der Waals surface area (Å²) in [4.78, 5) is 13.4. The molecule has 1 aromatic heterocycles. The van der Waals surface area contributed by atoms with Crippen molar-refractivity contribution < 1.29 is 18.0 Å². The van der Waals surface area contributed by atoms with Gasteiger partial charge in [0.2, 0.25) is 5.91 Å². The van der Waals surface area contributed by atoms with Crippen molar-refractivity contribution in [3.05, 3.63) is 47.3 Å². The van der Waals surface area contributed by atoms with Crippen molar-refractivity contribution in [2.45, 2.75) is 25.7 Å². The first-order valence-electron chi connectivity index (χ1n) is 7.09. The molecule has 0 atom stereocenters. The predicted molar refractivity (Wildman–Crippen MR) is 77.5 cm³/mol. The zero-order valence-corrected chi connectivity index (χ0v) is 12.2. The summed E-state index contributed by atoms with van der Waals surface area (Å²) in [5.74, 6) is -0.239. The van der Waals surface area contributed by atoms with Gasteiger partial charge in [-0.05, 0) is 23.3 Å². The Morgan fingerprint density at radius 2 is 2.13 bits per heavy atom. The number of aromatic amines is 1. The van der Waals surface area contributed by atoms with Crippen molar-refractivity contribution in [1.82, 2.24) is 15.1 Å². The smallest absolute Gasteiger partial charge is 0.325 e. The van der Waals surface area contributed by atoms with Crippen LogP contribution in [0.3, 0.4) is 0 Å². The second-order valence-electron chi connectivity index (χ2n) is 5.51. The highest BCUT2D eigenvalue weighted by atomic mass is 19.4. The number of anilines is 1. The van der Waals surface area contributed by atoms with Gasteiger partial charge in [-0.3, -0.25) is 14.8 Å². The van der Waals surface area contributed by atoms with Gasteiger partial charge in [-0.1, -0.05) is 12.1 Å². The van der Waals surface area contributed by atoms with Crippen LogP contribution in [-0.2, 0) is 24.3 Å². The zero-order chi connectivity index (χ0) is 16.4. The average Bonchev–Trinajstić information content (AvgIpc) is 3.06. The summed E-state index contributed by atoms with van der Waals surface area (Å²) in [6, 6.07) is 6.93. The summed E-state index contributed by atoms with van der Waals surface area (Å²) in [5.41, 5.74) is 2.80. The fourth-order valence-electron chi connectivity index (χ4n) is 2.72. The molecule has 0 spiro atoms. The number of nitrogens with one attached hydrogen (secondary N) is 2. The van der Waals surface area contributed by atoms with E-state index in [1.807, 2.05) is 0 Å². The Hall–Kier alpha value is -2.35. The van der Waals surface area contributed by atoms with Crippen LogP contribution in [0.1, 0.15) is 16.8 Å². The SMILES string of the molecule is O=C(Cc1ccn[nH]1)Nc1cccc2c1CN(CC(F)(F)F)C2. The molecule has 2 heterocycles. The Morgan fingerprint density at radius 3 is 2.83 bits per heavy atom. The maximum absolute atomic E-state index is 12.5. The molecule has 2 aromatic rings. The summed E-state index contributed by atoms with van der Waals surface area (Å²) in [7, 11) is 0. The molecule has 1 aromatic carbocycles. The highest BCUT2D eigenvalue weighted by molar-refractivity contribution is 5.93. The van der Waals surface area contributed by atoms with Gasteiger partial charge in [-0.25, -0.2) is 0 Å². The minimum atomic E-state index is -4.23. The molecule has 0 fully saturated rings. The van der Waals surface area contributed by atoms with Crippen molar-refractivity contribution >= 4 is 11.6 Å². The van der Waals surface area contributed by atoms with Gasteiger partial charge < -0.3 is 5.32 Å². The summed E-state index contributed by atoms with van der Waals surface area (Å²) < 4.78 is 37.6. The average molecular weight is 324 g/mol. The van der Waals surface area contributed by atoms with Gasteiger partial charge in [0.25, 0.3) is 0 Å². The lowest BCUT2D eigenvalue weighted by atomic mass is 10.1. The molecule has 0 saturated heterocycles. The van der Waals surface area contributed by atoms with E-state index in [9.17, 15) is 18.0 Å². The molecule has 1 amide bonds. The number of alkyl halides is 3. The molecule has 0 aliphatic carbocycles. The fraction of sp³-hybridized carbons (Fsp3) is 0.333. The second-order valence-corrected chi connectivity index (χ2v) is 5.51. The molecule has 0 unspecified atom stereocenters. The van der Waals surface area contributed by atoms with E-state index < -0.39 is 12.7 Å². The minimum Gasteiger partial charge on any atom is -0.325 e. The van der Waals surface area contributed by atoms with Gasteiger partial charge in [0, 0.05) is 30.7 Å². The zero-order valence-electron chi connectivity index (χ0n) is 12.2. The molecule has 8 heteroatoms. The lowest BCUT2D eigenvalue weighted by Gasteiger charge is -2.17.